The molecule has 3 aromatic rings. The number of anilines is 2. The van der Waals surface area contributed by atoms with Gasteiger partial charge >= 0.3 is 0 Å². The number of amides is 3. The number of nitrogens with zero attached hydrogens (tertiary/aromatic N) is 1. The molecule has 0 radical (unpaired) electrons. The SMILES string of the molecule is O=C(Nc1ccc(Cl)cc1)c1ccccc1S[C@H]1CC(=O)N(c2ccc(Br)cc2)C1=O. The molecule has 0 bridgehead atoms. The summed E-state index contributed by atoms with van der Waals surface area (Å²) >= 11 is 10.5. The minimum atomic E-state index is -0.597. The van der Waals surface area contributed by atoms with Crippen LogP contribution in [0.4, 0.5) is 11.4 Å². The van der Waals surface area contributed by atoms with Crippen molar-refractivity contribution in [2.24, 2.45) is 0 Å². The normalized spacial score (nSPS) is 15.9. The van der Waals surface area contributed by atoms with E-state index in [2.05, 4.69) is 21.2 Å². The monoisotopic (exact) mass is 514 g/mol. The maximum atomic E-state index is 13.0. The zero-order chi connectivity index (χ0) is 22.0. The van der Waals surface area contributed by atoms with Crippen molar-refractivity contribution < 1.29 is 14.4 Å². The molecule has 8 heteroatoms. The first-order valence-electron chi connectivity index (χ1n) is 9.37. The molecule has 31 heavy (non-hydrogen) atoms. The van der Waals surface area contributed by atoms with Crippen LogP contribution in [-0.4, -0.2) is 23.0 Å². The van der Waals surface area contributed by atoms with E-state index in [1.165, 1.54) is 16.7 Å². The second kappa shape index (κ2) is 9.26. The molecule has 0 aliphatic carbocycles. The molecular formula is C23H16BrClN2O3S. The fraction of sp³-hybridized carbons (Fsp3) is 0.0870. The van der Waals surface area contributed by atoms with Gasteiger partial charge < -0.3 is 5.32 Å². The first kappa shape index (κ1) is 21.6. The van der Waals surface area contributed by atoms with Crippen LogP contribution in [0.1, 0.15) is 16.8 Å². The average molecular weight is 516 g/mol. The molecule has 1 fully saturated rings. The van der Waals surface area contributed by atoms with E-state index in [1.54, 1.807) is 72.8 Å². The summed E-state index contributed by atoms with van der Waals surface area (Å²) in [7, 11) is 0. The van der Waals surface area contributed by atoms with Crippen LogP contribution < -0.4 is 10.2 Å². The fourth-order valence-corrected chi connectivity index (χ4v) is 4.77. The number of rotatable bonds is 5. The van der Waals surface area contributed by atoms with Crippen molar-refractivity contribution in [1.82, 2.24) is 0 Å². The Morgan fingerprint density at radius 2 is 1.68 bits per heavy atom. The number of hydrogen-bond donors (Lipinski definition) is 1. The third-order valence-electron chi connectivity index (χ3n) is 4.69. The van der Waals surface area contributed by atoms with Crippen LogP contribution in [0.5, 0.6) is 0 Å². The van der Waals surface area contributed by atoms with E-state index in [0.29, 0.717) is 26.9 Å². The smallest absolute Gasteiger partial charge is 0.256 e. The highest BCUT2D eigenvalue weighted by Crippen LogP contribution is 2.36. The largest absolute Gasteiger partial charge is 0.322 e. The van der Waals surface area contributed by atoms with E-state index in [9.17, 15) is 14.4 Å². The molecule has 5 nitrogen and oxygen atoms in total. The van der Waals surface area contributed by atoms with Crippen LogP contribution in [0.25, 0.3) is 0 Å². The highest BCUT2D eigenvalue weighted by molar-refractivity contribution is 9.10. The van der Waals surface area contributed by atoms with Crippen LogP contribution in [0.15, 0.2) is 82.2 Å². The third kappa shape index (κ3) is 4.84. The van der Waals surface area contributed by atoms with Crippen LogP contribution >= 0.6 is 39.3 Å². The summed E-state index contributed by atoms with van der Waals surface area (Å²) in [6, 6.07) is 20.9. The van der Waals surface area contributed by atoms with Gasteiger partial charge in [-0.3, -0.25) is 14.4 Å². The van der Waals surface area contributed by atoms with Gasteiger partial charge in [-0.15, -0.1) is 11.8 Å². The number of halogens is 2. The van der Waals surface area contributed by atoms with Gasteiger partial charge in [0.25, 0.3) is 5.91 Å². The Hall–Kier alpha value is -2.61. The number of imide groups is 1. The molecule has 4 rings (SSSR count). The summed E-state index contributed by atoms with van der Waals surface area (Å²) in [4.78, 5) is 40.2. The number of carbonyl (C=O) groups excluding carboxylic acids is 3. The van der Waals surface area contributed by atoms with Crippen LogP contribution in [0.2, 0.25) is 5.02 Å². The number of nitrogens with one attached hydrogen (secondary N) is 1. The zero-order valence-electron chi connectivity index (χ0n) is 16.0. The van der Waals surface area contributed by atoms with E-state index in [-0.39, 0.29) is 24.1 Å². The van der Waals surface area contributed by atoms with Gasteiger partial charge in [0.1, 0.15) is 0 Å². The quantitative estimate of drug-likeness (QED) is 0.438. The second-order valence-electron chi connectivity index (χ2n) is 6.81. The lowest BCUT2D eigenvalue weighted by atomic mass is 10.2. The predicted molar refractivity (Wildman–Crippen MR) is 127 cm³/mol. The maximum Gasteiger partial charge on any atom is 0.256 e. The molecule has 0 spiro atoms. The summed E-state index contributed by atoms with van der Waals surface area (Å²) in [5.41, 5.74) is 1.59. The lowest BCUT2D eigenvalue weighted by molar-refractivity contribution is -0.121. The van der Waals surface area contributed by atoms with Gasteiger partial charge in [0, 0.05) is 26.5 Å². The van der Waals surface area contributed by atoms with Crippen molar-refractivity contribution in [3.63, 3.8) is 0 Å². The molecule has 1 aliphatic rings. The van der Waals surface area contributed by atoms with Crippen molar-refractivity contribution in [3.05, 3.63) is 87.9 Å². The molecule has 0 saturated carbocycles. The molecule has 1 atom stereocenters. The first-order chi connectivity index (χ1) is 14.9. The Kier molecular flexibility index (Phi) is 6.46. The molecule has 3 amide bonds. The summed E-state index contributed by atoms with van der Waals surface area (Å²) in [5, 5.41) is 2.81. The van der Waals surface area contributed by atoms with Crippen LogP contribution in [0.3, 0.4) is 0 Å². The Morgan fingerprint density at radius 3 is 2.39 bits per heavy atom. The minimum Gasteiger partial charge on any atom is -0.322 e. The van der Waals surface area contributed by atoms with E-state index in [1.807, 2.05) is 0 Å². The molecule has 1 aliphatic heterocycles. The maximum absolute atomic E-state index is 13.0. The Morgan fingerprint density at radius 1 is 1.00 bits per heavy atom. The van der Waals surface area contributed by atoms with Crippen LogP contribution in [0, 0.1) is 0 Å². The van der Waals surface area contributed by atoms with Gasteiger partial charge in [-0.25, -0.2) is 4.90 Å². The highest BCUT2D eigenvalue weighted by Gasteiger charge is 2.40. The van der Waals surface area contributed by atoms with Gasteiger partial charge in [0.2, 0.25) is 11.8 Å². The topological polar surface area (TPSA) is 66.5 Å². The third-order valence-corrected chi connectivity index (χ3v) is 6.74. The summed E-state index contributed by atoms with van der Waals surface area (Å²) < 4.78 is 0.863. The van der Waals surface area contributed by atoms with Gasteiger partial charge in [-0.2, -0.15) is 0 Å². The molecule has 3 aromatic carbocycles. The molecule has 0 unspecified atom stereocenters. The van der Waals surface area contributed by atoms with E-state index in [4.69, 9.17) is 11.6 Å². The predicted octanol–water partition coefficient (Wildman–Crippen LogP) is 5.78. The van der Waals surface area contributed by atoms with Crippen molar-refractivity contribution in [2.45, 2.75) is 16.6 Å². The lowest BCUT2D eigenvalue weighted by Crippen LogP contribution is -2.31. The number of thioether (sulfide) groups is 1. The molecular weight excluding hydrogens is 500 g/mol. The molecule has 156 valence electrons. The fourth-order valence-electron chi connectivity index (χ4n) is 3.20. The minimum absolute atomic E-state index is 0.0761. The molecule has 0 aromatic heterocycles. The second-order valence-corrected chi connectivity index (χ2v) is 9.41. The van der Waals surface area contributed by atoms with Crippen molar-refractivity contribution in [1.29, 1.82) is 0 Å². The Labute approximate surface area is 196 Å². The highest BCUT2D eigenvalue weighted by atomic mass is 79.9. The van der Waals surface area contributed by atoms with Crippen molar-refractivity contribution in [2.75, 3.05) is 10.2 Å². The summed E-state index contributed by atoms with van der Waals surface area (Å²) in [5.74, 6) is -0.842. The molecule has 1 saturated heterocycles. The number of hydrogen-bond acceptors (Lipinski definition) is 4. The van der Waals surface area contributed by atoms with Crippen molar-refractivity contribution in [3.8, 4) is 0 Å². The Balaban J connectivity index is 1.53. The standard InChI is InChI=1S/C23H16BrClN2O3S/c24-14-5-11-17(12-6-14)27-21(28)13-20(23(27)30)31-19-4-2-1-3-18(19)22(29)26-16-9-7-15(25)8-10-16/h1-12,20H,13H2,(H,26,29)/t20-/m0/s1. The number of benzene rings is 3. The van der Waals surface area contributed by atoms with Gasteiger partial charge in [-0.05, 0) is 60.7 Å². The van der Waals surface area contributed by atoms with Gasteiger partial charge in [0.15, 0.2) is 0 Å². The van der Waals surface area contributed by atoms with Crippen molar-refractivity contribution >= 4 is 68.4 Å². The number of carbonyl (C=O) groups is 3. The summed E-state index contributed by atoms with van der Waals surface area (Å²) in [6.45, 7) is 0. The summed E-state index contributed by atoms with van der Waals surface area (Å²) in [6.07, 6.45) is 0.0761. The van der Waals surface area contributed by atoms with Gasteiger partial charge in [0.05, 0.1) is 16.5 Å². The molecule has 1 N–H and O–H groups in total. The average Bonchev–Trinajstić information content (AvgIpc) is 3.04. The van der Waals surface area contributed by atoms with Gasteiger partial charge in [-0.1, -0.05) is 39.7 Å². The van der Waals surface area contributed by atoms with E-state index < -0.39 is 5.25 Å². The van der Waals surface area contributed by atoms with E-state index in [0.717, 1.165) is 4.47 Å². The first-order valence-corrected chi connectivity index (χ1v) is 11.4. The zero-order valence-corrected chi connectivity index (χ0v) is 19.2. The lowest BCUT2D eigenvalue weighted by Gasteiger charge is -2.16. The Bertz CT molecular complexity index is 1150. The van der Waals surface area contributed by atoms with Crippen LogP contribution in [-0.2, 0) is 9.59 Å². The molecule has 1 heterocycles. The van der Waals surface area contributed by atoms with E-state index >= 15 is 0 Å².